The Bertz CT molecular complexity index is 1270. The van der Waals surface area contributed by atoms with Crippen molar-refractivity contribution in [3.8, 4) is 11.3 Å². The van der Waals surface area contributed by atoms with E-state index in [1.54, 1.807) is 12.3 Å². The minimum absolute atomic E-state index is 0.344. The molecule has 0 saturated carbocycles. The highest BCUT2D eigenvalue weighted by Crippen LogP contribution is 2.23. The van der Waals surface area contributed by atoms with Crippen molar-refractivity contribution in [2.75, 3.05) is 18.0 Å². The summed E-state index contributed by atoms with van der Waals surface area (Å²) in [5.74, 6) is 0.822. The fraction of sp³-hybridized carbons (Fsp3) is 0.333. The van der Waals surface area contributed by atoms with E-state index in [4.69, 9.17) is 4.42 Å². The van der Waals surface area contributed by atoms with Gasteiger partial charge in [0.1, 0.15) is 5.82 Å². The van der Waals surface area contributed by atoms with Crippen LogP contribution in [0.3, 0.4) is 0 Å². The molecule has 2 atom stereocenters. The van der Waals surface area contributed by atoms with Crippen molar-refractivity contribution in [2.45, 2.75) is 32.9 Å². The Morgan fingerprint density at radius 3 is 2.72 bits per heavy atom. The zero-order chi connectivity index (χ0) is 20.1. The number of nitrogens with zero attached hydrogens (tertiary/aromatic N) is 5. The second kappa shape index (κ2) is 6.66. The van der Waals surface area contributed by atoms with Crippen LogP contribution in [0.2, 0.25) is 0 Å². The third-order valence-corrected chi connectivity index (χ3v) is 5.21. The van der Waals surface area contributed by atoms with E-state index in [1.165, 1.54) is 0 Å². The highest BCUT2D eigenvalue weighted by molar-refractivity contribution is 5.80. The molecule has 1 aliphatic rings. The van der Waals surface area contributed by atoms with Crippen LogP contribution in [0.15, 0.2) is 46.0 Å². The average Bonchev–Trinajstić information content (AvgIpc) is 3.09. The van der Waals surface area contributed by atoms with Gasteiger partial charge in [-0.3, -0.25) is 4.98 Å². The molecule has 5 heterocycles. The van der Waals surface area contributed by atoms with Gasteiger partial charge in [0.25, 0.3) is 0 Å². The highest BCUT2D eigenvalue weighted by atomic mass is 16.4. The Labute approximate surface area is 167 Å². The van der Waals surface area contributed by atoms with Gasteiger partial charge in [0, 0.05) is 43.0 Å². The lowest BCUT2D eigenvalue weighted by Gasteiger charge is -2.36. The number of piperazine rings is 1. The Hall–Kier alpha value is -3.26. The van der Waals surface area contributed by atoms with Gasteiger partial charge in [-0.15, -0.1) is 0 Å². The van der Waals surface area contributed by atoms with Gasteiger partial charge in [-0.1, -0.05) is 0 Å². The van der Waals surface area contributed by atoms with Crippen molar-refractivity contribution >= 4 is 22.6 Å². The lowest BCUT2D eigenvalue weighted by atomic mass is 10.1. The molecular weight excluding hydrogens is 368 g/mol. The first kappa shape index (κ1) is 17.8. The third kappa shape index (κ3) is 3.25. The van der Waals surface area contributed by atoms with Crippen molar-refractivity contribution in [2.24, 2.45) is 0 Å². The smallest absolute Gasteiger partial charge is 0.347 e. The largest absolute Gasteiger partial charge is 0.403 e. The van der Waals surface area contributed by atoms with Gasteiger partial charge in [0.05, 0.1) is 23.1 Å². The molecule has 0 aliphatic carbocycles. The average molecular weight is 390 g/mol. The monoisotopic (exact) mass is 390 g/mol. The molecule has 8 heteroatoms. The maximum Gasteiger partial charge on any atom is 0.347 e. The SMILES string of the molecule is Cc1cn2cc(-c3cc4ccc(N5C[C@@H](C)N[C@@H](C)C5)nc4oc3=O)nc2cn1. The van der Waals surface area contributed by atoms with Gasteiger partial charge in [0.15, 0.2) is 5.65 Å². The van der Waals surface area contributed by atoms with Crippen molar-refractivity contribution < 1.29 is 4.42 Å². The van der Waals surface area contributed by atoms with Gasteiger partial charge in [-0.2, -0.15) is 4.98 Å². The lowest BCUT2D eigenvalue weighted by Crippen LogP contribution is -2.54. The van der Waals surface area contributed by atoms with E-state index in [0.717, 1.165) is 30.0 Å². The Balaban J connectivity index is 1.55. The molecule has 0 unspecified atom stereocenters. The molecule has 0 spiro atoms. The molecule has 5 rings (SSSR count). The van der Waals surface area contributed by atoms with Crippen LogP contribution in [0, 0.1) is 6.92 Å². The molecule has 1 saturated heterocycles. The molecule has 4 aromatic rings. The third-order valence-electron chi connectivity index (χ3n) is 5.21. The first-order valence-corrected chi connectivity index (χ1v) is 9.74. The summed E-state index contributed by atoms with van der Waals surface area (Å²) < 4.78 is 7.43. The molecule has 4 aromatic heterocycles. The van der Waals surface area contributed by atoms with Crippen LogP contribution in [0.25, 0.3) is 28.0 Å². The second-order valence-electron chi connectivity index (χ2n) is 7.81. The van der Waals surface area contributed by atoms with Crippen LogP contribution in [-0.4, -0.2) is 44.5 Å². The van der Waals surface area contributed by atoms with Crippen LogP contribution in [0.4, 0.5) is 5.82 Å². The van der Waals surface area contributed by atoms with E-state index < -0.39 is 5.63 Å². The molecule has 1 aliphatic heterocycles. The van der Waals surface area contributed by atoms with E-state index in [9.17, 15) is 4.79 Å². The fourth-order valence-electron chi connectivity index (χ4n) is 3.99. The van der Waals surface area contributed by atoms with Crippen molar-refractivity contribution in [3.63, 3.8) is 0 Å². The second-order valence-corrected chi connectivity index (χ2v) is 7.81. The predicted molar refractivity (Wildman–Crippen MR) is 111 cm³/mol. The van der Waals surface area contributed by atoms with Gasteiger partial charge < -0.3 is 19.0 Å². The van der Waals surface area contributed by atoms with Crippen LogP contribution < -0.4 is 15.8 Å². The van der Waals surface area contributed by atoms with Gasteiger partial charge in [-0.25, -0.2) is 9.78 Å². The molecule has 0 aromatic carbocycles. The highest BCUT2D eigenvalue weighted by Gasteiger charge is 2.22. The number of hydrogen-bond donors (Lipinski definition) is 1. The minimum Gasteiger partial charge on any atom is -0.403 e. The summed E-state index contributed by atoms with van der Waals surface area (Å²) in [5.41, 5.74) is 2.43. The van der Waals surface area contributed by atoms with E-state index in [2.05, 4.69) is 39.0 Å². The van der Waals surface area contributed by atoms with Crippen LogP contribution in [0.1, 0.15) is 19.5 Å². The summed E-state index contributed by atoms with van der Waals surface area (Å²) in [5, 5.41) is 4.28. The van der Waals surface area contributed by atoms with E-state index in [0.29, 0.717) is 34.7 Å². The number of hydrogen-bond acceptors (Lipinski definition) is 7. The minimum atomic E-state index is -0.447. The van der Waals surface area contributed by atoms with E-state index in [-0.39, 0.29) is 0 Å². The Kier molecular flexibility index (Phi) is 4.09. The summed E-state index contributed by atoms with van der Waals surface area (Å²) in [6.45, 7) is 7.94. The van der Waals surface area contributed by atoms with Crippen molar-refractivity contribution in [1.29, 1.82) is 0 Å². The van der Waals surface area contributed by atoms with Gasteiger partial charge in [-0.05, 0) is 39.0 Å². The van der Waals surface area contributed by atoms with Gasteiger partial charge in [0.2, 0.25) is 5.71 Å². The zero-order valence-corrected chi connectivity index (χ0v) is 16.6. The maximum absolute atomic E-state index is 12.7. The molecule has 1 fully saturated rings. The zero-order valence-electron chi connectivity index (χ0n) is 16.6. The number of anilines is 1. The van der Waals surface area contributed by atoms with Crippen LogP contribution in [0.5, 0.6) is 0 Å². The van der Waals surface area contributed by atoms with E-state index in [1.807, 2.05) is 35.9 Å². The lowest BCUT2D eigenvalue weighted by molar-refractivity contribution is 0.405. The normalized spacial score (nSPS) is 19.9. The molecule has 29 heavy (non-hydrogen) atoms. The van der Waals surface area contributed by atoms with Crippen molar-refractivity contribution in [3.05, 3.63) is 52.9 Å². The number of aromatic nitrogens is 4. The summed E-state index contributed by atoms with van der Waals surface area (Å²) in [4.78, 5) is 28.3. The Morgan fingerprint density at radius 2 is 1.93 bits per heavy atom. The molecule has 0 radical (unpaired) electrons. The van der Waals surface area contributed by atoms with Crippen LogP contribution in [-0.2, 0) is 0 Å². The quantitative estimate of drug-likeness (QED) is 0.562. The number of pyridine rings is 1. The molecule has 0 bridgehead atoms. The molecule has 148 valence electrons. The Morgan fingerprint density at radius 1 is 1.14 bits per heavy atom. The predicted octanol–water partition coefficient (Wildman–Crippen LogP) is 2.39. The van der Waals surface area contributed by atoms with Crippen molar-refractivity contribution in [1.82, 2.24) is 24.7 Å². The fourth-order valence-corrected chi connectivity index (χ4v) is 3.99. The molecular formula is C21H22N6O2. The number of nitrogens with one attached hydrogen (secondary N) is 1. The number of aryl methyl sites for hydroxylation is 1. The molecule has 8 nitrogen and oxygen atoms in total. The summed E-state index contributed by atoms with van der Waals surface area (Å²) >= 11 is 0. The van der Waals surface area contributed by atoms with E-state index >= 15 is 0 Å². The number of imidazole rings is 1. The molecule has 1 N–H and O–H groups in total. The summed E-state index contributed by atoms with van der Waals surface area (Å²) in [6.07, 6.45) is 5.37. The topological polar surface area (TPSA) is 88.6 Å². The molecule has 0 amide bonds. The number of fused-ring (bicyclic) bond motifs is 2. The maximum atomic E-state index is 12.7. The van der Waals surface area contributed by atoms with Gasteiger partial charge >= 0.3 is 5.63 Å². The standard InChI is InChI=1S/C21H22N6O2/c1-12-8-27-11-17(24-19(27)7-22-12)16-6-15-4-5-18(25-20(15)29-21(16)28)26-9-13(2)23-14(3)10-26/h4-8,11,13-14,23H,9-10H2,1-3H3/t13-,14+. The summed E-state index contributed by atoms with van der Waals surface area (Å²) in [7, 11) is 0. The van der Waals surface area contributed by atoms with Crippen LogP contribution >= 0.6 is 0 Å². The first-order chi connectivity index (χ1) is 14.0. The number of rotatable bonds is 2. The first-order valence-electron chi connectivity index (χ1n) is 9.74. The summed E-state index contributed by atoms with van der Waals surface area (Å²) in [6, 6.07) is 6.47.